The molecule has 2 aromatic carbocycles. The number of alkyl carbamates (subject to hydrolysis) is 1. The molecule has 2 aliphatic heterocycles. The number of fused-ring (bicyclic) bond motifs is 2. The molecule has 2 amide bonds. The highest BCUT2D eigenvalue weighted by molar-refractivity contribution is 5.86. The average molecular weight is 599 g/mol. The number of benzene rings is 2. The zero-order chi connectivity index (χ0) is 30.6. The molecular weight excluding hydrogens is 556 g/mol. The number of hydrogen-bond donors (Lipinski definition) is 2. The van der Waals surface area contributed by atoms with E-state index in [2.05, 4.69) is 53.6 Å². The van der Waals surface area contributed by atoms with E-state index in [1.807, 2.05) is 20.0 Å². The second-order valence-electron chi connectivity index (χ2n) is 13.2. The van der Waals surface area contributed by atoms with Crippen molar-refractivity contribution in [1.82, 2.24) is 20.2 Å². The maximum Gasteiger partial charge on any atom is 0.407 e. The molecule has 8 rings (SSSR count). The lowest BCUT2D eigenvalue weighted by Gasteiger charge is -2.40. The van der Waals surface area contributed by atoms with Crippen molar-refractivity contribution < 1.29 is 23.8 Å². The number of H-pyrrole nitrogens is 1. The first kappa shape index (κ1) is 29.0. The highest BCUT2D eigenvalue weighted by atomic mass is 16.7. The summed E-state index contributed by atoms with van der Waals surface area (Å²) in [7, 11) is 1.29. The number of aryl methyl sites for hydroxylation is 1. The van der Waals surface area contributed by atoms with Crippen LogP contribution in [-0.4, -0.2) is 65.6 Å². The Morgan fingerprint density at radius 3 is 2.32 bits per heavy atom. The van der Waals surface area contributed by atoms with Crippen LogP contribution in [0.3, 0.4) is 0 Å². The lowest BCUT2D eigenvalue weighted by atomic mass is 9.64. The molecule has 1 spiro atoms. The van der Waals surface area contributed by atoms with Gasteiger partial charge < -0.3 is 29.4 Å². The van der Waals surface area contributed by atoms with Crippen LogP contribution in [0.4, 0.5) is 4.79 Å². The van der Waals surface area contributed by atoms with Crippen molar-refractivity contribution in [3.05, 3.63) is 65.1 Å². The second kappa shape index (κ2) is 11.3. The molecule has 9 heteroatoms. The van der Waals surface area contributed by atoms with Crippen molar-refractivity contribution in [1.29, 1.82) is 0 Å². The van der Waals surface area contributed by atoms with Crippen LogP contribution in [0.2, 0.25) is 0 Å². The van der Waals surface area contributed by atoms with Crippen molar-refractivity contribution >= 4 is 12.0 Å². The van der Waals surface area contributed by atoms with Gasteiger partial charge in [0.25, 0.3) is 0 Å². The Labute approximate surface area is 258 Å². The molecule has 2 saturated heterocycles. The van der Waals surface area contributed by atoms with Gasteiger partial charge in [-0.3, -0.25) is 4.79 Å². The summed E-state index contributed by atoms with van der Waals surface area (Å²) in [6.45, 7) is 7.28. The van der Waals surface area contributed by atoms with Gasteiger partial charge in [-0.1, -0.05) is 50.2 Å². The Hall–Kier alpha value is -3.69. The molecule has 232 valence electrons. The van der Waals surface area contributed by atoms with Crippen molar-refractivity contribution in [2.24, 2.45) is 5.92 Å². The number of ether oxygens (including phenoxy) is 3. The fraction of sp³-hybridized carbons (Fsp3) is 0.514. The number of nitrogens with one attached hydrogen (secondary N) is 2. The monoisotopic (exact) mass is 598 g/mol. The quantitative estimate of drug-likeness (QED) is 0.350. The van der Waals surface area contributed by atoms with E-state index >= 15 is 0 Å². The molecule has 44 heavy (non-hydrogen) atoms. The van der Waals surface area contributed by atoms with Crippen molar-refractivity contribution in [2.75, 3.05) is 26.9 Å². The zero-order valence-corrected chi connectivity index (χ0v) is 26.0. The van der Waals surface area contributed by atoms with E-state index in [0.717, 1.165) is 11.3 Å². The molecule has 1 saturated carbocycles. The van der Waals surface area contributed by atoms with E-state index in [1.165, 1.54) is 49.5 Å². The largest absolute Gasteiger partial charge is 0.453 e. The summed E-state index contributed by atoms with van der Waals surface area (Å²) in [6, 6.07) is 12.2. The molecule has 0 unspecified atom stereocenters. The number of methoxy groups -OCH3 is 1. The molecule has 0 radical (unpaired) electrons. The molecule has 9 nitrogen and oxygen atoms in total. The van der Waals surface area contributed by atoms with Gasteiger partial charge in [0.1, 0.15) is 11.9 Å². The first-order valence-electron chi connectivity index (χ1n) is 16.0. The van der Waals surface area contributed by atoms with Gasteiger partial charge in [-0.2, -0.15) is 0 Å². The zero-order valence-electron chi connectivity index (χ0n) is 26.0. The van der Waals surface area contributed by atoms with Crippen molar-refractivity contribution in [2.45, 2.75) is 82.6 Å². The van der Waals surface area contributed by atoms with Gasteiger partial charge in [-0.15, -0.1) is 0 Å². The van der Waals surface area contributed by atoms with Crippen LogP contribution in [0.25, 0.3) is 22.4 Å². The number of aromatic amines is 1. The Morgan fingerprint density at radius 2 is 1.66 bits per heavy atom. The maximum absolute atomic E-state index is 13.9. The van der Waals surface area contributed by atoms with E-state index < -0.39 is 24.0 Å². The Kier molecular flexibility index (Phi) is 7.49. The highest BCUT2D eigenvalue weighted by Gasteiger charge is 2.52. The van der Waals surface area contributed by atoms with Crippen LogP contribution in [0.5, 0.6) is 0 Å². The minimum Gasteiger partial charge on any atom is -0.453 e. The van der Waals surface area contributed by atoms with Crippen LogP contribution in [0, 0.1) is 12.8 Å². The molecule has 5 aliphatic rings. The molecule has 2 bridgehead atoms. The van der Waals surface area contributed by atoms with E-state index in [-0.39, 0.29) is 18.4 Å². The molecule has 2 atom stereocenters. The summed E-state index contributed by atoms with van der Waals surface area (Å²) in [5.41, 5.74) is 9.17. The minimum absolute atomic E-state index is 0.149. The second-order valence-corrected chi connectivity index (χ2v) is 13.2. The van der Waals surface area contributed by atoms with Gasteiger partial charge in [0.2, 0.25) is 5.91 Å². The third-order valence-electron chi connectivity index (χ3n) is 10.2. The number of imidazole rings is 1. The van der Waals surface area contributed by atoms with Crippen LogP contribution >= 0.6 is 0 Å². The van der Waals surface area contributed by atoms with Crippen molar-refractivity contribution in [3.8, 4) is 22.4 Å². The fourth-order valence-electron chi connectivity index (χ4n) is 8.03. The van der Waals surface area contributed by atoms with Gasteiger partial charge in [0.05, 0.1) is 44.8 Å². The SMILES string of the molecule is COC(=O)N[C@H](C(=O)N1CC2(C[C@H]1c1ncc(-c3ccc(-c4ccc(C)c5c4C4CCC5CC4)cc3)[nH]1)OCCO2)C(C)C. The fourth-order valence-corrected chi connectivity index (χ4v) is 8.03. The average Bonchev–Trinajstić information content (AvgIpc) is 3.81. The summed E-state index contributed by atoms with van der Waals surface area (Å²) in [5.74, 6) is 0.802. The number of carbonyl (C=O) groups is 2. The first-order valence-corrected chi connectivity index (χ1v) is 16.0. The summed E-state index contributed by atoms with van der Waals surface area (Å²) in [6.07, 6.45) is 6.90. The Morgan fingerprint density at radius 1 is 1.00 bits per heavy atom. The third kappa shape index (κ3) is 5.00. The standard InChI is InChI=1S/C35H42N4O5/c1-20(2)31(38-34(41)42-4)33(40)39-19-35(43-15-16-44-35)17-28(39)32-36-18-27(37-32)23-8-6-22(7-9-23)26-14-5-21(3)29-24-10-12-25(13-11-24)30(26)29/h5-9,14,18,20,24-25,28,31H,10-13,15-17,19H2,1-4H3,(H,36,37)(H,38,41)/t24?,25?,28-,31-/m0/s1. The lowest BCUT2D eigenvalue weighted by Crippen LogP contribution is -2.52. The number of nitrogens with zero attached hydrogens (tertiary/aromatic N) is 2. The van der Waals surface area contributed by atoms with Gasteiger partial charge in [-0.05, 0) is 83.7 Å². The van der Waals surface area contributed by atoms with Gasteiger partial charge in [0, 0.05) is 6.42 Å². The van der Waals surface area contributed by atoms with Gasteiger partial charge in [0.15, 0.2) is 5.79 Å². The Bertz CT molecular complexity index is 1550. The number of amides is 2. The van der Waals surface area contributed by atoms with Gasteiger partial charge >= 0.3 is 6.09 Å². The summed E-state index contributed by atoms with van der Waals surface area (Å²) >= 11 is 0. The van der Waals surface area contributed by atoms with E-state index in [0.29, 0.717) is 37.3 Å². The molecule has 1 aromatic heterocycles. The number of likely N-dealkylation sites (tertiary alicyclic amines) is 1. The maximum atomic E-state index is 13.9. The minimum atomic E-state index is -0.881. The lowest BCUT2D eigenvalue weighted by molar-refractivity contribution is -0.153. The normalized spacial score (nSPS) is 24.1. The molecular formula is C35H42N4O5. The third-order valence-corrected chi connectivity index (χ3v) is 10.2. The molecule has 2 N–H and O–H groups in total. The van der Waals surface area contributed by atoms with E-state index in [4.69, 9.17) is 19.2 Å². The van der Waals surface area contributed by atoms with Gasteiger partial charge in [-0.25, -0.2) is 9.78 Å². The molecule has 3 aliphatic carbocycles. The van der Waals surface area contributed by atoms with Crippen LogP contribution < -0.4 is 5.32 Å². The number of carbonyl (C=O) groups excluding carboxylic acids is 2. The summed E-state index contributed by atoms with van der Waals surface area (Å²) in [4.78, 5) is 35.9. The van der Waals surface area contributed by atoms with Crippen LogP contribution in [0.15, 0.2) is 42.6 Å². The van der Waals surface area contributed by atoms with E-state index in [1.54, 1.807) is 16.0 Å². The predicted octanol–water partition coefficient (Wildman–Crippen LogP) is 6.20. The molecule has 3 aromatic rings. The van der Waals surface area contributed by atoms with Crippen molar-refractivity contribution in [3.63, 3.8) is 0 Å². The van der Waals surface area contributed by atoms with E-state index in [9.17, 15) is 9.59 Å². The predicted molar refractivity (Wildman–Crippen MR) is 166 cm³/mol. The highest BCUT2D eigenvalue weighted by Crippen LogP contribution is 2.53. The van der Waals surface area contributed by atoms with Crippen LogP contribution in [-0.2, 0) is 19.0 Å². The summed E-state index contributed by atoms with van der Waals surface area (Å²) < 4.78 is 16.8. The molecule has 3 fully saturated rings. The first-order chi connectivity index (χ1) is 21.3. The van der Waals surface area contributed by atoms with Crippen LogP contribution in [0.1, 0.15) is 86.3 Å². The number of hydrogen-bond acceptors (Lipinski definition) is 6. The Balaban J connectivity index is 1.16. The number of rotatable bonds is 6. The smallest absolute Gasteiger partial charge is 0.407 e. The topological polar surface area (TPSA) is 106 Å². The number of aromatic nitrogens is 2. The molecule has 3 heterocycles. The summed E-state index contributed by atoms with van der Waals surface area (Å²) in [5, 5.41) is 2.71.